The first-order chi connectivity index (χ1) is 34.8. The van der Waals surface area contributed by atoms with Gasteiger partial charge in [-0.3, -0.25) is 19.2 Å². The largest absolute Gasteiger partial charge is 0.347 e. The van der Waals surface area contributed by atoms with Crippen molar-refractivity contribution in [2.24, 2.45) is 5.92 Å². The van der Waals surface area contributed by atoms with E-state index in [-0.39, 0.29) is 59.6 Å². The maximum Gasteiger partial charge on any atom is 0.270 e. The molecular weight excluding hydrogens is 927 g/mol. The monoisotopic (exact) mass is 974 g/mol. The number of hydrogen-bond donors (Lipinski definition) is 5. The van der Waals surface area contributed by atoms with Gasteiger partial charge in [0, 0.05) is 36.3 Å². The lowest BCUT2D eigenvalue weighted by atomic mass is 10.1. The topological polar surface area (TPSA) is 266 Å². The Morgan fingerprint density at radius 3 is 1.50 bits per heavy atom. The van der Waals surface area contributed by atoms with Crippen molar-refractivity contribution in [3.05, 3.63) is 178 Å². The molecule has 366 valence electrons. The van der Waals surface area contributed by atoms with Crippen LogP contribution in [0.3, 0.4) is 0 Å². The summed E-state index contributed by atoms with van der Waals surface area (Å²) < 4.78 is 26.9. The number of H-pyrrole nitrogens is 1. The van der Waals surface area contributed by atoms with E-state index in [0.717, 1.165) is 46.3 Å². The van der Waals surface area contributed by atoms with E-state index in [0.29, 0.717) is 28.7 Å². The zero-order valence-corrected chi connectivity index (χ0v) is 39.5. The summed E-state index contributed by atoms with van der Waals surface area (Å²) in [6.07, 6.45) is 4.77. The zero-order chi connectivity index (χ0) is 50.7. The summed E-state index contributed by atoms with van der Waals surface area (Å²) in [5.74, 6) is -0.717. The molecule has 4 amide bonds. The lowest BCUT2D eigenvalue weighted by Crippen LogP contribution is -2.29. The fourth-order valence-corrected chi connectivity index (χ4v) is 7.19. The van der Waals surface area contributed by atoms with E-state index in [1.807, 2.05) is 62.4 Å². The molecule has 1 aliphatic carbocycles. The highest BCUT2D eigenvalue weighted by molar-refractivity contribution is 5.98. The van der Waals surface area contributed by atoms with Crippen LogP contribution in [0.15, 0.2) is 110 Å². The van der Waals surface area contributed by atoms with Crippen molar-refractivity contribution in [1.29, 1.82) is 0 Å². The molecule has 9 rings (SSSR count). The third kappa shape index (κ3) is 13.0. The molecule has 8 aromatic rings. The van der Waals surface area contributed by atoms with Crippen LogP contribution in [0.25, 0.3) is 22.8 Å². The summed E-state index contributed by atoms with van der Waals surface area (Å²) in [5, 5.41) is 37.7. The molecule has 4 aromatic heterocycles. The van der Waals surface area contributed by atoms with Gasteiger partial charge in [0.15, 0.2) is 0 Å². The third-order valence-corrected chi connectivity index (χ3v) is 11.6. The van der Waals surface area contributed by atoms with Crippen LogP contribution in [0.1, 0.15) is 114 Å². The van der Waals surface area contributed by atoms with Gasteiger partial charge in [0.2, 0.25) is 11.6 Å². The minimum Gasteiger partial charge on any atom is -0.347 e. The standard InChI is InChI=1S/C27H27FN8O2.C23H21FN8O2/c1-16-11-19(5-10-22(16)28)13-29-26(37)23-12-24(31-15-30-23)27(38)32-17(2)20-6-8-21(9-7-20)25-33-35-36(34-25)14-18-3-4-18;1-13-9-15(3-8-18(13)24)11-25-22(33)19-10-20(27-12-26-19)23(34)28-14(2)16-4-6-17(7-5-16)21-29-31-32-30-21/h5-12,15,17-18H,3-4,13-14H2,1-2H3,(H,29,37)(H,32,38);3-10,12,14H,11H2,1-2H3,(H,25,33)(H,28,34)(H,29,30,31,32)/t17-;14-/m00/s1. The average Bonchev–Trinajstić information content (AvgIpc) is 3.80. The highest BCUT2D eigenvalue weighted by atomic mass is 19.1. The van der Waals surface area contributed by atoms with Crippen molar-refractivity contribution >= 4 is 23.6 Å². The van der Waals surface area contributed by atoms with Crippen LogP contribution >= 0.6 is 0 Å². The number of rotatable bonds is 16. The second kappa shape index (κ2) is 22.6. The van der Waals surface area contributed by atoms with E-state index in [1.54, 1.807) is 42.9 Å². The zero-order valence-electron chi connectivity index (χ0n) is 39.5. The number of nitrogens with one attached hydrogen (secondary N) is 5. The SMILES string of the molecule is Cc1cc(CNC(=O)c2cc(C(=O)N[C@@H](C)c3ccc(-c4nn[nH]n4)cc3)ncn2)ccc1F.Cc1cc(CNC(=O)c2cc(C(=O)N[C@@H](C)c3ccc(-c4nnn(CC5CC5)n4)cc3)ncn2)ccc1F. The number of nitrogens with zero attached hydrogens (tertiary/aromatic N) is 11. The molecule has 1 saturated carbocycles. The van der Waals surface area contributed by atoms with Crippen LogP contribution in [0.2, 0.25) is 0 Å². The van der Waals surface area contributed by atoms with Crippen LogP contribution in [0, 0.1) is 31.4 Å². The minimum atomic E-state index is -0.469. The van der Waals surface area contributed by atoms with E-state index in [9.17, 15) is 28.0 Å². The van der Waals surface area contributed by atoms with Gasteiger partial charge in [-0.1, -0.05) is 72.8 Å². The fraction of sp³-hybridized carbons (Fsp3) is 0.240. The first-order valence-corrected chi connectivity index (χ1v) is 22.8. The Balaban J connectivity index is 0.000000194. The Labute approximate surface area is 410 Å². The molecule has 0 radical (unpaired) electrons. The average molecular weight is 975 g/mol. The van der Waals surface area contributed by atoms with E-state index in [4.69, 9.17) is 0 Å². The Morgan fingerprint density at radius 1 is 0.611 bits per heavy atom. The maximum atomic E-state index is 13.5. The number of halogens is 2. The molecule has 5 N–H and O–H groups in total. The summed E-state index contributed by atoms with van der Waals surface area (Å²) >= 11 is 0. The van der Waals surface area contributed by atoms with Crippen molar-refractivity contribution < 1.29 is 28.0 Å². The first kappa shape index (κ1) is 49.3. The number of carbonyl (C=O) groups is 4. The second-order valence-electron chi connectivity index (χ2n) is 17.1. The Morgan fingerprint density at radius 2 is 1.07 bits per heavy atom. The van der Waals surface area contributed by atoms with Crippen LogP contribution in [0.5, 0.6) is 0 Å². The molecule has 0 unspecified atom stereocenters. The molecule has 4 heterocycles. The summed E-state index contributed by atoms with van der Waals surface area (Å²) in [5.41, 5.74) is 6.11. The van der Waals surface area contributed by atoms with Gasteiger partial charge in [-0.05, 0) is 102 Å². The molecule has 0 aliphatic heterocycles. The molecule has 1 aliphatic rings. The van der Waals surface area contributed by atoms with Crippen LogP contribution in [-0.4, -0.2) is 84.4 Å². The number of aryl methyl sites for hydroxylation is 2. The number of amides is 4. The van der Waals surface area contributed by atoms with Gasteiger partial charge < -0.3 is 21.3 Å². The Hall–Kier alpha value is -9.08. The number of tetrazole rings is 2. The van der Waals surface area contributed by atoms with Gasteiger partial charge in [0.1, 0.15) is 47.1 Å². The first-order valence-electron chi connectivity index (χ1n) is 22.8. The quantitative estimate of drug-likeness (QED) is 0.0751. The number of aromatic nitrogens is 12. The predicted octanol–water partition coefficient (Wildman–Crippen LogP) is 5.93. The smallest absolute Gasteiger partial charge is 0.270 e. The molecule has 0 saturated heterocycles. The summed E-state index contributed by atoms with van der Waals surface area (Å²) in [4.78, 5) is 68.2. The summed E-state index contributed by atoms with van der Waals surface area (Å²) in [7, 11) is 0. The Kier molecular flexibility index (Phi) is 15.5. The molecule has 0 bridgehead atoms. The lowest BCUT2D eigenvalue weighted by Gasteiger charge is -2.14. The molecule has 0 spiro atoms. The third-order valence-electron chi connectivity index (χ3n) is 11.6. The number of aromatic amines is 1. The molecule has 2 atom stereocenters. The highest BCUT2D eigenvalue weighted by Gasteiger charge is 2.23. The van der Waals surface area contributed by atoms with Gasteiger partial charge >= 0.3 is 0 Å². The highest BCUT2D eigenvalue weighted by Crippen LogP contribution is 2.30. The lowest BCUT2D eigenvalue weighted by molar-refractivity contribution is 0.0921. The van der Waals surface area contributed by atoms with Crippen molar-refractivity contribution in [2.45, 2.75) is 72.3 Å². The molecular formula is C50H48F2N16O4. The van der Waals surface area contributed by atoms with Crippen LogP contribution < -0.4 is 21.3 Å². The van der Waals surface area contributed by atoms with Gasteiger partial charge in [0.05, 0.1) is 18.6 Å². The summed E-state index contributed by atoms with van der Waals surface area (Å²) in [6.45, 7) is 8.20. The number of hydrogen-bond acceptors (Lipinski definition) is 14. The van der Waals surface area contributed by atoms with Gasteiger partial charge in [0.25, 0.3) is 23.6 Å². The maximum absolute atomic E-state index is 13.5. The van der Waals surface area contributed by atoms with E-state index in [2.05, 4.69) is 77.2 Å². The van der Waals surface area contributed by atoms with Crippen LogP contribution in [-0.2, 0) is 19.6 Å². The van der Waals surface area contributed by atoms with Crippen LogP contribution in [0.4, 0.5) is 8.78 Å². The fourth-order valence-electron chi connectivity index (χ4n) is 7.19. The van der Waals surface area contributed by atoms with Crippen molar-refractivity contribution in [2.75, 3.05) is 0 Å². The van der Waals surface area contributed by atoms with Gasteiger partial charge in [-0.25, -0.2) is 28.7 Å². The van der Waals surface area contributed by atoms with Crippen molar-refractivity contribution in [1.82, 2.24) is 82.0 Å². The molecule has 20 nitrogen and oxygen atoms in total. The summed E-state index contributed by atoms with van der Waals surface area (Å²) in [6, 6.07) is 26.2. The molecule has 1 fully saturated rings. The van der Waals surface area contributed by atoms with E-state index in [1.165, 1.54) is 43.4 Å². The normalized spacial score (nSPS) is 12.7. The predicted molar refractivity (Wildman–Crippen MR) is 256 cm³/mol. The van der Waals surface area contributed by atoms with Gasteiger partial charge in [-0.2, -0.15) is 10.0 Å². The minimum absolute atomic E-state index is 0.0519. The Bertz CT molecular complexity index is 3200. The van der Waals surface area contributed by atoms with Crippen molar-refractivity contribution in [3.8, 4) is 22.8 Å². The van der Waals surface area contributed by atoms with Crippen molar-refractivity contribution in [3.63, 3.8) is 0 Å². The molecule has 22 heteroatoms. The van der Waals surface area contributed by atoms with E-state index >= 15 is 0 Å². The molecule has 4 aromatic carbocycles. The van der Waals surface area contributed by atoms with E-state index < -0.39 is 23.6 Å². The number of carbonyl (C=O) groups excluding carboxylic acids is 4. The second-order valence-corrected chi connectivity index (χ2v) is 17.1. The number of benzene rings is 4. The molecule has 72 heavy (non-hydrogen) atoms. The van der Waals surface area contributed by atoms with Gasteiger partial charge in [-0.15, -0.1) is 20.4 Å².